The third kappa shape index (κ3) is 7.32. The standard InChI is InChI=1S/C27H25F2N7O6/c1-40-17-5-3-16(4-6-17)14-42-26(38)18-11-19(28)20(29)12-21(18)33-25(37)23-13-22(31-7-8-32-27(39)41-2)24(35-34-23)36-10-9-30-15-36/h3-6,9-13,15H,7-8,14H2,1-2H3,(H,31,34)(H,32,39)(H,33,37). The van der Waals surface area contributed by atoms with Gasteiger partial charge in [-0.05, 0) is 29.8 Å². The number of imidazole rings is 1. The number of ether oxygens (including phenoxy) is 3. The molecule has 2 aromatic heterocycles. The highest BCUT2D eigenvalue weighted by Crippen LogP contribution is 2.24. The summed E-state index contributed by atoms with van der Waals surface area (Å²) >= 11 is 0. The number of nitrogens with zero attached hydrogens (tertiary/aromatic N) is 4. The molecule has 0 aliphatic carbocycles. The molecule has 0 atom stereocenters. The van der Waals surface area contributed by atoms with Gasteiger partial charge < -0.3 is 30.2 Å². The lowest BCUT2D eigenvalue weighted by molar-refractivity contribution is 0.0473. The fourth-order valence-electron chi connectivity index (χ4n) is 3.59. The number of carbonyl (C=O) groups is 3. The average molecular weight is 582 g/mol. The molecule has 218 valence electrons. The molecule has 0 bridgehead atoms. The molecule has 0 unspecified atom stereocenters. The largest absolute Gasteiger partial charge is 0.497 e. The van der Waals surface area contributed by atoms with Crippen LogP contribution < -0.4 is 20.7 Å². The van der Waals surface area contributed by atoms with Crippen molar-refractivity contribution < 1.29 is 37.4 Å². The Morgan fingerprint density at radius 1 is 0.952 bits per heavy atom. The molecule has 2 aromatic carbocycles. The molecule has 2 heterocycles. The summed E-state index contributed by atoms with van der Waals surface area (Å²) in [5.74, 6) is -3.57. The summed E-state index contributed by atoms with van der Waals surface area (Å²) in [5, 5.41) is 15.9. The van der Waals surface area contributed by atoms with E-state index < -0.39 is 35.2 Å². The Morgan fingerprint density at radius 2 is 1.71 bits per heavy atom. The SMILES string of the molecule is COC(=O)NCCNc1cc(C(=O)Nc2cc(F)c(F)cc2C(=O)OCc2ccc(OC)cc2)nnc1-n1ccnc1. The van der Waals surface area contributed by atoms with Crippen molar-refractivity contribution in [1.29, 1.82) is 0 Å². The van der Waals surface area contributed by atoms with Gasteiger partial charge in [0.1, 0.15) is 18.7 Å². The zero-order valence-electron chi connectivity index (χ0n) is 22.4. The molecule has 0 fully saturated rings. The molecule has 0 radical (unpaired) electrons. The van der Waals surface area contributed by atoms with Crippen LogP contribution in [0.1, 0.15) is 26.4 Å². The van der Waals surface area contributed by atoms with Crippen molar-refractivity contribution in [2.75, 3.05) is 37.9 Å². The lowest BCUT2D eigenvalue weighted by atomic mass is 10.1. The summed E-state index contributed by atoms with van der Waals surface area (Å²) in [6.07, 6.45) is 3.97. The van der Waals surface area contributed by atoms with Gasteiger partial charge in [-0.2, -0.15) is 0 Å². The van der Waals surface area contributed by atoms with E-state index >= 15 is 0 Å². The van der Waals surface area contributed by atoms with Crippen LogP contribution in [0.3, 0.4) is 0 Å². The van der Waals surface area contributed by atoms with Crippen LogP contribution in [-0.4, -0.2) is 65.0 Å². The van der Waals surface area contributed by atoms with E-state index in [1.54, 1.807) is 30.5 Å². The van der Waals surface area contributed by atoms with Crippen LogP contribution in [0, 0.1) is 11.6 Å². The van der Waals surface area contributed by atoms with Crippen molar-refractivity contribution in [2.24, 2.45) is 0 Å². The zero-order valence-corrected chi connectivity index (χ0v) is 22.4. The van der Waals surface area contributed by atoms with Crippen LogP contribution in [-0.2, 0) is 16.1 Å². The van der Waals surface area contributed by atoms with E-state index in [-0.39, 0.29) is 36.9 Å². The average Bonchev–Trinajstić information content (AvgIpc) is 3.54. The summed E-state index contributed by atoms with van der Waals surface area (Å²) < 4.78 is 44.7. The van der Waals surface area contributed by atoms with Gasteiger partial charge in [-0.15, -0.1) is 10.2 Å². The van der Waals surface area contributed by atoms with Crippen LogP contribution >= 0.6 is 0 Å². The lowest BCUT2D eigenvalue weighted by Crippen LogP contribution is -2.28. The van der Waals surface area contributed by atoms with E-state index in [0.29, 0.717) is 29.1 Å². The van der Waals surface area contributed by atoms with Crippen molar-refractivity contribution >= 4 is 29.3 Å². The van der Waals surface area contributed by atoms with E-state index in [9.17, 15) is 23.2 Å². The van der Waals surface area contributed by atoms with Gasteiger partial charge in [0.05, 0.1) is 31.2 Å². The maximum absolute atomic E-state index is 14.2. The number of nitrogens with one attached hydrogen (secondary N) is 3. The maximum atomic E-state index is 14.2. The molecule has 0 aliphatic rings. The number of halogens is 2. The van der Waals surface area contributed by atoms with Crippen LogP contribution in [0.2, 0.25) is 0 Å². The van der Waals surface area contributed by atoms with E-state index in [1.165, 1.54) is 37.4 Å². The van der Waals surface area contributed by atoms with Crippen LogP contribution in [0.25, 0.3) is 5.82 Å². The minimum atomic E-state index is -1.30. The van der Waals surface area contributed by atoms with Crippen molar-refractivity contribution in [1.82, 2.24) is 25.1 Å². The fraction of sp³-hybridized carbons (Fsp3) is 0.185. The Balaban J connectivity index is 1.53. The number of carbonyl (C=O) groups excluding carboxylic acids is 3. The number of anilines is 2. The third-order valence-electron chi connectivity index (χ3n) is 5.71. The number of rotatable bonds is 11. The second-order valence-corrected chi connectivity index (χ2v) is 8.47. The summed E-state index contributed by atoms with van der Waals surface area (Å²) in [5.41, 5.74) is -0.0110. The van der Waals surface area contributed by atoms with Gasteiger partial charge in [0.15, 0.2) is 23.1 Å². The van der Waals surface area contributed by atoms with E-state index in [2.05, 4.69) is 35.9 Å². The molecule has 0 spiro atoms. The lowest BCUT2D eigenvalue weighted by Gasteiger charge is -2.14. The number of benzene rings is 2. The number of esters is 1. The van der Waals surface area contributed by atoms with Gasteiger partial charge in [-0.1, -0.05) is 12.1 Å². The highest BCUT2D eigenvalue weighted by molar-refractivity contribution is 6.07. The monoisotopic (exact) mass is 581 g/mol. The van der Waals surface area contributed by atoms with E-state index in [4.69, 9.17) is 9.47 Å². The van der Waals surface area contributed by atoms with Gasteiger partial charge in [0, 0.05) is 31.5 Å². The minimum absolute atomic E-state index is 0.170. The highest BCUT2D eigenvalue weighted by Gasteiger charge is 2.21. The van der Waals surface area contributed by atoms with Gasteiger partial charge >= 0.3 is 12.1 Å². The molecular weight excluding hydrogens is 556 g/mol. The Morgan fingerprint density at radius 3 is 2.40 bits per heavy atom. The third-order valence-corrected chi connectivity index (χ3v) is 5.71. The molecule has 0 saturated carbocycles. The molecular formula is C27H25F2N7O6. The Kier molecular flexibility index (Phi) is 9.55. The second-order valence-electron chi connectivity index (χ2n) is 8.47. The van der Waals surface area contributed by atoms with Crippen molar-refractivity contribution in [3.63, 3.8) is 0 Å². The first-order valence-corrected chi connectivity index (χ1v) is 12.3. The number of methoxy groups -OCH3 is 2. The fourth-order valence-corrected chi connectivity index (χ4v) is 3.59. The second kappa shape index (κ2) is 13.6. The van der Waals surface area contributed by atoms with Gasteiger partial charge in [0.25, 0.3) is 5.91 Å². The Labute approximate surface area is 237 Å². The first-order chi connectivity index (χ1) is 20.3. The van der Waals surface area contributed by atoms with Crippen molar-refractivity contribution in [2.45, 2.75) is 6.61 Å². The number of hydrogen-bond acceptors (Lipinski definition) is 10. The summed E-state index contributed by atoms with van der Waals surface area (Å²) in [4.78, 5) is 41.2. The molecule has 3 N–H and O–H groups in total. The molecule has 13 nitrogen and oxygen atoms in total. The maximum Gasteiger partial charge on any atom is 0.406 e. The first-order valence-electron chi connectivity index (χ1n) is 12.3. The molecule has 0 saturated heterocycles. The smallest absolute Gasteiger partial charge is 0.406 e. The molecule has 4 rings (SSSR count). The number of hydrogen-bond donors (Lipinski definition) is 3. The number of alkyl carbamates (subject to hydrolysis) is 1. The molecule has 2 amide bonds. The Bertz CT molecular complexity index is 1570. The summed E-state index contributed by atoms with van der Waals surface area (Å²) in [6, 6.07) is 9.34. The molecule has 0 aliphatic heterocycles. The van der Waals surface area contributed by atoms with Gasteiger partial charge in [0.2, 0.25) is 0 Å². The predicted molar refractivity (Wildman–Crippen MR) is 144 cm³/mol. The number of aromatic nitrogens is 4. The van der Waals surface area contributed by atoms with Crippen LogP contribution in [0.15, 0.2) is 61.2 Å². The minimum Gasteiger partial charge on any atom is -0.497 e. The molecule has 42 heavy (non-hydrogen) atoms. The van der Waals surface area contributed by atoms with Gasteiger partial charge in [-0.3, -0.25) is 9.36 Å². The van der Waals surface area contributed by atoms with Crippen molar-refractivity contribution in [3.8, 4) is 11.6 Å². The van der Waals surface area contributed by atoms with Crippen molar-refractivity contribution in [3.05, 3.63) is 89.6 Å². The first kappa shape index (κ1) is 29.4. The summed E-state index contributed by atoms with van der Waals surface area (Å²) in [6.45, 7) is 0.226. The topological polar surface area (TPSA) is 159 Å². The normalized spacial score (nSPS) is 10.5. The van der Waals surface area contributed by atoms with E-state index in [1.807, 2.05) is 0 Å². The van der Waals surface area contributed by atoms with Crippen LogP contribution in [0.5, 0.6) is 5.75 Å². The molecule has 4 aromatic rings. The zero-order chi connectivity index (χ0) is 30.1. The summed E-state index contributed by atoms with van der Waals surface area (Å²) in [7, 11) is 2.74. The quantitative estimate of drug-likeness (QED) is 0.177. The molecule has 15 heteroatoms. The highest BCUT2D eigenvalue weighted by atomic mass is 19.2. The van der Waals surface area contributed by atoms with E-state index in [0.717, 1.165) is 0 Å². The Hall–Kier alpha value is -5.60. The van der Waals surface area contributed by atoms with Crippen LogP contribution in [0.4, 0.5) is 25.0 Å². The number of amides is 2. The van der Waals surface area contributed by atoms with Gasteiger partial charge in [-0.25, -0.2) is 23.4 Å². The predicted octanol–water partition coefficient (Wildman–Crippen LogP) is 3.33.